The van der Waals surface area contributed by atoms with Gasteiger partial charge in [0.05, 0.1) is 4.47 Å². The Balaban J connectivity index is 3.02. The van der Waals surface area contributed by atoms with E-state index in [2.05, 4.69) is 20.7 Å². The Morgan fingerprint density at radius 1 is 1.06 bits per heavy atom. The van der Waals surface area contributed by atoms with Crippen LogP contribution in [0, 0.1) is 5.82 Å². The zero-order valence-corrected chi connectivity index (χ0v) is 8.87. The van der Waals surface area contributed by atoms with Gasteiger partial charge in [-0.05, 0) is 28.1 Å². The summed E-state index contributed by atoms with van der Waals surface area (Å²) in [6.45, 7) is 0. The SMILES string of the molecule is Fc1c(Br)cccc1OC(F)(F)C(F)(F)F. The van der Waals surface area contributed by atoms with Gasteiger partial charge >= 0.3 is 12.3 Å². The molecule has 0 spiro atoms. The van der Waals surface area contributed by atoms with Crippen LogP contribution in [0.25, 0.3) is 0 Å². The topological polar surface area (TPSA) is 9.23 Å². The summed E-state index contributed by atoms with van der Waals surface area (Å²) in [5.74, 6) is -2.51. The van der Waals surface area contributed by atoms with Crippen molar-refractivity contribution in [1.29, 1.82) is 0 Å². The van der Waals surface area contributed by atoms with Crippen LogP contribution in [0.5, 0.6) is 5.75 Å². The van der Waals surface area contributed by atoms with Crippen molar-refractivity contribution in [3.63, 3.8) is 0 Å². The highest BCUT2D eigenvalue weighted by Crippen LogP contribution is 2.38. The van der Waals surface area contributed by atoms with E-state index < -0.39 is 23.9 Å². The Kier molecular flexibility index (Phi) is 3.41. The van der Waals surface area contributed by atoms with Crippen molar-refractivity contribution in [2.24, 2.45) is 0 Å². The molecule has 0 aliphatic carbocycles. The number of hydrogen-bond acceptors (Lipinski definition) is 1. The Morgan fingerprint density at radius 2 is 1.62 bits per heavy atom. The van der Waals surface area contributed by atoms with Gasteiger partial charge in [-0.2, -0.15) is 22.0 Å². The molecule has 1 aromatic rings. The van der Waals surface area contributed by atoms with E-state index in [1.165, 1.54) is 0 Å². The molecule has 1 rings (SSSR count). The lowest BCUT2D eigenvalue weighted by atomic mass is 10.3. The van der Waals surface area contributed by atoms with Crippen molar-refractivity contribution in [3.8, 4) is 5.75 Å². The molecule has 0 aliphatic rings. The normalized spacial score (nSPS) is 12.7. The Morgan fingerprint density at radius 3 is 2.12 bits per heavy atom. The summed E-state index contributed by atoms with van der Waals surface area (Å²) in [5, 5.41) is 0. The van der Waals surface area contributed by atoms with Crippen LogP contribution in [0.15, 0.2) is 22.7 Å². The predicted molar refractivity (Wildman–Crippen MR) is 45.7 cm³/mol. The summed E-state index contributed by atoms with van der Waals surface area (Å²) >= 11 is 2.62. The molecule has 0 saturated carbocycles. The fraction of sp³-hybridized carbons (Fsp3) is 0.250. The molecule has 16 heavy (non-hydrogen) atoms. The van der Waals surface area contributed by atoms with Crippen LogP contribution >= 0.6 is 15.9 Å². The Bertz CT molecular complexity index is 389. The summed E-state index contributed by atoms with van der Waals surface area (Å²) in [7, 11) is 0. The highest BCUT2D eigenvalue weighted by molar-refractivity contribution is 9.10. The van der Waals surface area contributed by atoms with E-state index in [1.54, 1.807) is 0 Å². The van der Waals surface area contributed by atoms with E-state index >= 15 is 0 Å². The van der Waals surface area contributed by atoms with Crippen LogP contribution in [0.4, 0.5) is 26.3 Å². The molecule has 8 heteroatoms. The third-order valence-corrected chi connectivity index (χ3v) is 2.10. The van der Waals surface area contributed by atoms with Crippen molar-refractivity contribution in [3.05, 3.63) is 28.5 Å². The quantitative estimate of drug-likeness (QED) is 0.747. The lowest BCUT2D eigenvalue weighted by Gasteiger charge is -2.20. The van der Waals surface area contributed by atoms with Crippen molar-refractivity contribution in [2.45, 2.75) is 12.3 Å². The maximum absolute atomic E-state index is 13.0. The molecular formula is C8H3BrF6O. The highest BCUT2D eigenvalue weighted by atomic mass is 79.9. The second-order valence-corrected chi connectivity index (χ2v) is 3.52. The van der Waals surface area contributed by atoms with Gasteiger partial charge in [0, 0.05) is 0 Å². The van der Waals surface area contributed by atoms with Crippen LogP contribution in [0.1, 0.15) is 0 Å². The summed E-state index contributed by atoms with van der Waals surface area (Å²) in [4.78, 5) is 0. The molecule has 0 N–H and O–H groups in total. The highest BCUT2D eigenvalue weighted by Gasteiger charge is 2.61. The van der Waals surface area contributed by atoms with Crippen LogP contribution in [0.2, 0.25) is 0 Å². The molecule has 0 aromatic heterocycles. The van der Waals surface area contributed by atoms with Gasteiger partial charge in [0.15, 0.2) is 11.6 Å². The zero-order chi connectivity index (χ0) is 12.6. The molecule has 0 unspecified atom stereocenters. The second kappa shape index (κ2) is 4.15. The molecule has 0 heterocycles. The zero-order valence-electron chi connectivity index (χ0n) is 7.29. The smallest absolute Gasteiger partial charge is 0.423 e. The molecular weight excluding hydrogens is 306 g/mol. The average molecular weight is 309 g/mol. The molecule has 0 amide bonds. The number of alkyl halides is 5. The fourth-order valence-electron chi connectivity index (χ4n) is 0.759. The van der Waals surface area contributed by atoms with Crippen molar-refractivity contribution in [1.82, 2.24) is 0 Å². The Hall–Kier alpha value is -0.920. The minimum absolute atomic E-state index is 0.275. The monoisotopic (exact) mass is 308 g/mol. The lowest BCUT2D eigenvalue weighted by molar-refractivity contribution is -0.361. The molecule has 1 nitrogen and oxygen atoms in total. The summed E-state index contributed by atoms with van der Waals surface area (Å²) in [6, 6.07) is 2.86. The van der Waals surface area contributed by atoms with E-state index in [0.717, 1.165) is 12.1 Å². The van der Waals surface area contributed by atoms with Crippen LogP contribution < -0.4 is 4.74 Å². The van der Waals surface area contributed by atoms with Crippen LogP contribution in [-0.2, 0) is 0 Å². The first-order valence-corrected chi connectivity index (χ1v) is 4.52. The molecule has 90 valence electrons. The van der Waals surface area contributed by atoms with Gasteiger partial charge in [-0.25, -0.2) is 4.39 Å². The minimum Gasteiger partial charge on any atom is -0.423 e. The van der Waals surface area contributed by atoms with Crippen LogP contribution in [-0.4, -0.2) is 12.3 Å². The molecule has 0 aliphatic heterocycles. The number of rotatable bonds is 2. The second-order valence-electron chi connectivity index (χ2n) is 2.67. The van der Waals surface area contributed by atoms with Gasteiger partial charge in [0.1, 0.15) is 0 Å². The van der Waals surface area contributed by atoms with E-state index in [1.807, 2.05) is 0 Å². The fourth-order valence-corrected chi connectivity index (χ4v) is 1.11. The molecule has 0 saturated heterocycles. The van der Waals surface area contributed by atoms with Crippen LogP contribution in [0.3, 0.4) is 0 Å². The summed E-state index contributed by atoms with van der Waals surface area (Å²) < 4.78 is 76.1. The van der Waals surface area contributed by atoms with Crippen molar-refractivity contribution >= 4 is 15.9 Å². The summed E-state index contributed by atoms with van der Waals surface area (Å²) in [5.41, 5.74) is 0. The van der Waals surface area contributed by atoms with Crippen molar-refractivity contribution in [2.75, 3.05) is 0 Å². The maximum atomic E-state index is 13.0. The van der Waals surface area contributed by atoms with E-state index in [0.29, 0.717) is 6.07 Å². The Labute approximate surface area is 94.1 Å². The number of halogens is 7. The number of benzene rings is 1. The minimum atomic E-state index is -5.90. The van der Waals surface area contributed by atoms with Gasteiger partial charge in [-0.1, -0.05) is 6.07 Å². The molecule has 0 radical (unpaired) electrons. The average Bonchev–Trinajstić information content (AvgIpc) is 2.11. The van der Waals surface area contributed by atoms with Gasteiger partial charge in [0.25, 0.3) is 0 Å². The molecule has 0 fully saturated rings. The van der Waals surface area contributed by atoms with Gasteiger partial charge in [-0.15, -0.1) is 0 Å². The first-order valence-electron chi connectivity index (χ1n) is 3.73. The largest absolute Gasteiger partial charge is 0.499 e. The van der Waals surface area contributed by atoms with Gasteiger partial charge in [0.2, 0.25) is 0 Å². The summed E-state index contributed by atoms with van der Waals surface area (Å²) in [6.07, 6.45) is -11.3. The van der Waals surface area contributed by atoms with Gasteiger partial charge in [-0.3, -0.25) is 0 Å². The van der Waals surface area contributed by atoms with E-state index in [4.69, 9.17) is 0 Å². The molecule has 1 aromatic carbocycles. The third-order valence-electron chi connectivity index (χ3n) is 1.48. The number of ether oxygens (including phenoxy) is 1. The van der Waals surface area contributed by atoms with Gasteiger partial charge < -0.3 is 4.74 Å². The first kappa shape index (κ1) is 13.1. The lowest BCUT2D eigenvalue weighted by Crippen LogP contribution is -2.42. The molecule has 0 atom stereocenters. The number of hydrogen-bond donors (Lipinski definition) is 0. The standard InChI is InChI=1S/C8H3BrF6O/c9-4-2-1-3-5(6(4)10)16-8(14,15)7(11,12)13/h1-3H. The first-order chi connectivity index (χ1) is 7.15. The molecule has 0 bridgehead atoms. The third kappa shape index (κ3) is 2.60. The maximum Gasteiger partial charge on any atom is 0.499 e. The van der Waals surface area contributed by atoms with E-state index in [-0.39, 0.29) is 4.47 Å². The van der Waals surface area contributed by atoms with E-state index in [9.17, 15) is 26.3 Å². The predicted octanol–water partition coefficient (Wildman–Crippen LogP) is 4.12. The van der Waals surface area contributed by atoms with Crippen molar-refractivity contribution < 1.29 is 31.1 Å².